The van der Waals surface area contributed by atoms with Crippen molar-refractivity contribution in [2.24, 2.45) is 29.6 Å². The molecule has 1 saturated carbocycles. The minimum atomic E-state index is -0.197. The molecule has 90 valence electrons. The van der Waals surface area contributed by atoms with Crippen molar-refractivity contribution >= 4 is 0 Å². The first-order valence-electron chi connectivity index (χ1n) is 7.40. The van der Waals surface area contributed by atoms with Gasteiger partial charge in [0.05, 0.1) is 0 Å². The van der Waals surface area contributed by atoms with Gasteiger partial charge in [0.2, 0.25) is 0 Å². The molecule has 16 heavy (non-hydrogen) atoms. The van der Waals surface area contributed by atoms with Gasteiger partial charge < -0.3 is 0 Å². The molecule has 0 aromatic rings. The van der Waals surface area contributed by atoms with Crippen LogP contribution in [0.4, 0.5) is 0 Å². The van der Waals surface area contributed by atoms with E-state index in [4.69, 9.17) is 1.37 Å². The van der Waals surface area contributed by atoms with Gasteiger partial charge >= 0.3 is 0 Å². The van der Waals surface area contributed by atoms with E-state index in [0.717, 1.165) is 6.54 Å². The Balaban J connectivity index is 1.99. The lowest BCUT2D eigenvalue weighted by molar-refractivity contribution is 0.128. The van der Waals surface area contributed by atoms with Gasteiger partial charge in [-0.1, -0.05) is 26.0 Å². The van der Waals surface area contributed by atoms with E-state index in [2.05, 4.69) is 44.7 Å². The highest BCUT2D eigenvalue weighted by molar-refractivity contribution is 5.19. The Morgan fingerprint density at radius 3 is 2.50 bits per heavy atom. The smallest absolute Gasteiger partial charge is 0.0329 e. The van der Waals surface area contributed by atoms with E-state index in [-0.39, 0.29) is 5.89 Å². The van der Waals surface area contributed by atoms with E-state index in [1.165, 1.54) is 6.42 Å². The van der Waals surface area contributed by atoms with Crippen molar-refractivity contribution in [1.29, 1.82) is 0 Å². The average molecular weight is 220 g/mol. The van der Waals surface area contributed by atoms with Crippen molar-refractivity contribution in [3.05, 3.63) is 12.2 Å². The molecule has 2 aliphatic carbocycles. The monoisotopic (exact) mass is 220 g/mol. The van der Waals surface area contributed by atoms with Gasteiger partial charge in [-0.3, -0.25) is 4.90 Å². The molecule has 1 heterocycles. The maximum atomic E-state index is 9.10. The van der Waals surface area contributed by atoms with Gasteiger partial charge in [0, 0.05) is 20.0 Å². The van der Waals surface area contributed by atoms with Crippen molar-refractivity contribution in [1.82, 2.24) is 4.90 Å². The third-order valence-corrected chi connectivity index (χ3v) is 4.89. The zero-order valence-corrected chi connectivity index (χ0v) is 11.0. The molecule has 0 amide bonds. The Labute approximate surface area is 101 Å². The fraction of sp³-hybridized carbons (Fsp3) is 0.867. The van der Waals surface area contributed by atoms with Crippen LogP contribution in [0.5, 0.6) is 0 Å². The maximum Gasteiger partial charge on any atom is 0.0329 e. The predicted molar refractivity (Wildman–Crippen MR) is 68.2 cm³/mol. The highest BCUT2D eigenvalue weighted by Gasteiger charge is 2.55. The normalized spacial score (nSPS) is 51.8. The minimum absolute atomic E-state index is 0.197. The summed E-state index contributed by atoms with van der Waals surface area (Å²) in [6.45, 7) is 10.3. The topological polar surface area (TPSA) is 3.24 Å². The number of likely N-dealkylation sites (tertiary alicyclic amines) is 1. The molecule has 0 N–H and O–H groups in total. The first kappa shape index (κ1) is 9.70. The second-order valence-corrected chi connectivity index (χ2v) is 6.48. The van der Waals surface area contributed by atoms with Crippen molar-refractivity contribution in [3.8, 4) is 0 Å². The highest BCUT2D eigenvalue weighted by Crippen LogP contribution is 2.55. The second kappa shape index (κ2) is 3.60. The zero-order valence-electron chi connectivity index (χ0n) is 12.0. The lowest BCUT2D eigenvalue weighted by Gasteiger charge is -2.35. The summed E-state index contributed by atoms with van der Waals surface area (Å²) in [7, 11) is 0. The molecule has 0 aromatic carbocycles. The summed E-state index contributed by atoms with van der Waals surface area (Å²) in [5.41, 5.74) is 0. The molecule has 3 rings (SSSR count). The molecule has 5 atom stereocenters. The van der Waals surface area contributed by atoms with Gasteiger partial charge in [-0.15, -0.1) is 0 Å². The van der Waals surface area contributed by atoms with E-state index < -0.39 is 0 Å². The summed E-state index contributed by atoms with van der Waals surface area (Å²) in [5, 5.41) is 0. The Bertz CT molecular complexity index is 349. The van der Waals surface area contributed by atoms with Crippen LogP contribution in [0.15, 0.2) is 12.2 Å². The Kier molecular flexibility index (Phi) is 2.18. The maximum absolute atomic E-state index is 9.10. The third kappa shape index (κ3) is 1.33. The summed E-state index contributed by atoms with van der Waals surface area (Å²) >= 11 is 0. The molecule has 1 aliphatic heterocycles. The summed E-state index contributed by atoms with van der Waals surface area (Å²) in [6.07, 6.45) is 5.99. The number of fused-ring (bicyclic) bond motifs is 5. The molecule has 0 radical (unpaired) electrons. The quantitative estimate of drug-likeness (QED) is 0.646. The molecule has 1 saturated heterocycles. The van der Waals surface area contributed by atoms with E-state index in [1.807, 2.05) is 0 Å². The number of hydrogen-bond donors (Lipinski definition) is 0. The summed E-state index contributed by atoms with van der Waals surface area (Å²) in [4.78, 5) is 2.61. The van der Waals surface area contributed by atoms with Gasteiger partial charge in [-0.2, -0.15) is 0 Å². The highest BCUT2D eigenvalue weighted by atomic mass is 15.2. The van der Waals surface area contributed by atoms with Crippen molar-refractivity contribution in [2.45, 2.75) is 46.2 Å². The summed E-state index contributed by atoms with van der Waals surface area (Å²) in [6, 6.07) is 1.03. The number of hydrogen-bond acceptors (Lipinski definition) is 1. The van der Waals surface area contributed by atoms with Crippen LogP contribution in [-0.2, 0) is 0 Å². The van der Waals surface area contributed by atoms with Crippen LogP contribution in [0, 0.1) is 29.6 Å². The lowest BCUT2D eigenvalue weighted by atomic mass is 9.78. The first-order valence-corrected chi connectivity index (χ1v) is 6.90. The van der Waals surface area contributed by atoms with Crippen LogP contribution >= 0.6 is 0 Å². The van der Waals surface area contributed by atoms with Crippen LogP contribution < -0.4 is 0 Å². The molecular formula is C15H25N. The van der Waals surface area contributed by atoms with Crippen LogP contribution in [0.25, 0.3) is 0 Å². The standard InChI is InChI=1S/C15H25N/c1-9(2)15-14-12-6-5-11(7-12)13(14)8-16(15)10(3)4/h5-6,9-15H,7-8H2,1-4H3/i14D. The van der Waals surface area contributed by atoms with Crippen LogP contribution in [0.2, 0.25) is 0 Å². The Hall–Kier alpha value is -0.300. The zero-order chi connectivity index (χ0) is 12.4. The van der Waals surface area contributed by atoms with Crippen molar-refractivity contribution in [2.75, 3.05) is 6.54 Å². The molecule has 2 fully saturated rings. The van der Waals surface area contributed by atoms with E-state index in [0.29, 0.717) is 35.8 Å². The molecule has 0 aromatic heterocycles. The molecule has 1 nitrogen and oxygen atoms in total. The fourth-order valence-corrected chi connectivity index (χ4v) is 4.31. The molecular weight excluding hydrogens is 194 g/mol. The Morgan fingerprint density at radius 1 is 1.19 bits per heavy atom. The molecule has 5 unspecified atom stereocenters. The van der Waals surface area contributed by atoms with Gasteiger partial charge in [-0.25, -0.2) is 0 Å². The summed E-state index contributed by atoms with van der Waals surface area (Å²) in [5.74, 6) is 2.20. The molecule has 2 bridgehead atoms. The van der Waals surface area contributed by atoms with Gasteiger partial charge in [0.25, 0.3) is 0 Å². The van der Waals surface area contributed by atoms with Crippen molar-refractivity contribution in [3.63, 3.8) is 0 Å². The van der Waals surface area contributed by atoms with Crippen LogP contribution in [-0.4, -0.2) is 23.5 Å². The second-order valence-electron chi connectivity index (χ2n) is 6.48. The third-order valence-electron chi connectivity index (χ3n) is 4.89. The fourth-order valence-electron chi connectivity index (χ4n) is 4.31. The number of rotatable bonds is 2. The van der Waals surface area contributed by atoms with Gasteiger partial charge in [0.1, 0.15) is 0 Å². The largest absolute Gasteiger partial charge is 0.297 e. The lowest BCUT2D eigenvalue weighted by Crippen LogP contribution is -2.42. The molecule has 0 spiro atoms. The SMILES string of the molecule is [2H]C12C3C=CC(C3)C1CN(C(C)C)C2C(C)C. The average Bonchev–Trinajstić information content (AvgIpc) is 2.83. The van der Waals surface area contributed by atoms with Crippen LogP contribution in [0.3, 0.4) is 0 Å². The molecule has 3 aliphatic rings. The minimum Gasteiger partial charge on any atom is -0.297 e. The van der Waals surface area contributed by atoms with E-state index >= 15 is 0 Å². The predicted octanol–water partition coefficient (Wildman–Crippen LogP) is 3.17. The Morgan fingerprint density at radius 2 is 1.88 bits per heavy atom. The first-order chi connectivity index (χ1) is 7.96. The van der Waals surface area contributed by atoms with E-state index in [1.54, 1.807) is 0 Å². The van der Waals surface area contributed by atoms with Crippen LogP contribution in [0.1, 0.15) is 35.5 Å². The van der Waals surface area contributed by atoms with E-state index in [9.17, 15) is 0 Å². The van der Waals surface area contributed by atoms with Gasteiger partial charge in [0.15, 0.2) is 0 Å². The number of allylic oxidation sites excluding steroid dienone is 2. The summed E-state index contributed by atoms with van der Waals surface area (Å²) < 4.78 is 9.10. The molecule has 1 heteroatoms. The number of nitrogens with zero attached hydrogens (tertiary/aromatic N) is 1. The van der Waals surface area contributed by atoms with Gasteiger partial charge in [-0.05, 0) is 49.8 Å². The van der Waals surface area contributed by atoms with Crippen molar-refractivity contribution < 1.29 is 1.37 Å².